The summed E-state index contributed by atoms with van der Waals surface area (Å²) in [5.41, 5.74) is 0.330. The van der Waals surface area contributed by atoms with Crippen LogP contribution in [0.5, 0.6) is 5.75 Å². The molecule has 0 saturated carbocycles. The predicted octanol–water partition coefficient (Wildman–Crippen LogP) is 3.76. The Balaban J connectivity index is 1.78. The molecule has 10 heteroatoms. The fraction of sp³-hybridized carbons (Fsp3) is 0.125. The van der Waals surface area contributed by atoms with Gasteiger partial charge in [0.1, 0.15) is 11.8 Å². The number of anilines is 1. The zero-order chi connectivity index (χ0) is 24.6. The molecule has 1 aliphatic heterocycles. The number of carbonyl (C=O) groups excluding carboxylic acids is 3. The molecule has 0 spiro atoms. The van der Waals surface area contributed by atoms with Crippen LogP contribution in [-0.4, -0.2) is 44.2 Å². The number of benzene rings is 3. The van der Waals surface area contributed by atoms with Crippen LogP contribution in [0, 0.1) is 0 Å². The molecule has 174 valence electrons. The molecule has 0 fully saturated rings. The predicted molar refractivity (Wildman–Crippen MR) is 126 cm³/mol. The first-order valence-electron chi connectivity index (χ1n) is 10.1. The Hall–Kier alpha value is -3.69. The second kappa shape index (κ2) is 8.92. The van der Waals surface area contributed by atoms with Gasteiger partial charge in [-0.1, -0.05) is 23.7 Å². The maximum atomic E-state index is 13.7. The highest BCUT2D eigenvalue weighted by Crippen LogP contribution is 2.30. The molecule has 4 rings (SSSR count). The van der Waals surface area contributed by atoms with Crippen molar-refractivity contribution in [1.29, 1.82) is 0 Å². The number of fused-ring (bicyclic) bond motifs is 1. The van der Waals surface area contributed by atoms with Crippen molar-refractivity contribution < 1.29 is 27.5 Å². The summed E-state index contributed by atoms with van der Waals surface area (Å²) >= 11 is 5.90. The lowest BCUT2D eigenvalue weighted by molar-refractivity contribution is -0.120. The normalized spacial score (nSPS) is 14.0. The Morgan fingerprint density at radius 2 is 1.44 bits per heavy atom. The highest BCUT2D eigenvalue weighted by molar-refractivity contribution is 7.93. The van der Waals surface area contributed by atoms with Gasteiger partial charge in [0.05, 0.1) is 28.8 Å². The van der Waals surface area contributed by atoms with Gasteiger partial charge in [0.2, 0.25) is 0 Å². The van der Waals surface area contributed by atoms with Gasteiger partial charge in [-0.15, -0.1) is 0 Å². The third kappa shape index (κ3) is 3.93. The molecule has 0 bridgehead atoms. The molecule has 1 atom stereocenters. The second-order valence-electron chi connectivity index (χ2n) is 7.46. The number of rotatable bonds is 6. The third-order valence-corrected chi connectivity index (χ3v) is 7.42. The molecule has 1 unspecified atom stereocenters. The molecule has 3 amide bonds. The number of hydrogen-bond donors (Lipinski definition) is 0. The average molecular weight is 499 g/mol. The van der Waals surface area contributed by atoms with Gasteiger partial charge in [0.15, 0.2) is 0 Å². The molecule has 1 heterocycles. The summed E-state index contributed by atoms with van der Waals surface area (Å²) in [6, 6.07) is 15.9. The molecular formula is C24H19ClN2O6S. The molecule has 0 saturated heterocycles. The van der Waals surface area contributed by atoms with Crippen molar-refractivity contribution in [1.82, 2.24) is 4.90 Å². The van der Waals surface area contributed by atoms with Crippen LogP contribution in [0.1, 0.15) is 27.6 Å². The number of amides is 3. The van der Waals surface area contributed by atoms with Gasteiger partial charge in [-0.25, -0.2) is 12.7 Å². The second-order valence-corrected chi connectivity index (χ2v) is 9.68. The number of hydrogen-bond acceptors (Lipinski definition) is 6. The summed E-state index contributed by atoms with van der Waals surface area (Å²) in [7, 11) is -2.98. The molecule has 3 aromatic carbocycles. The van der Waals surface area contributed by atoms with Crippen molar-refractivity contribution in [3.05, 3.63) is 88.9 Å². The fourth-order valence-corrected chi connectivity index (χ4v) is 5.26. The molecular weight excluding hydrogens is 480 g/mol. The van der Waals surface area contributed by atoms with Gasteiger partial charge < -0.3 is 4.74 Å². The number of ether oxygens (including phenoxy) is 1. The quantitative estimate of drug-likeness (QED) is 0.480. The number of imide groups is 1. The van der Waals surface area contributed by atoms with Gasteiger partial charge in [-0.2, -0.15) is 0 Å². The van der Waals surface area contributed by atoms with Gasteiger partial charge in [-0.3, -0.25) is 19.3 Å². The highest BCUT2D eigenvalue weighted by Gasteiger charge is 2.44. The largest absolute Gasteiger partial charge is 0.497 e. The summed E-state index contributed by atoms with van der Waals surface area (Å²) in [6.45, 7) is 1.32. The maximum Gasteiger partial charge on any atom is 0.270 e. The highest BCUT2D eigenvalue weighted by atomic mass is 35.5. The molecule has 3 aromatic rings. The Bertz CT molecular complexity index is 1350. The van der Waals surface area contributed by atoms with Crippen LogP contribution in [-0.2, 0) is 14.8 Å². The third-order valence-electron chi connectivity index (χ3n) is 5.43. The van der Waals surface area contributed by atoms with E-state index >= 15 is 0 Å². The van der Waals surface area contributed by atoms with E-state index < -0.39 is 33.8 Å². The summed E-state index contributed by atoms with van der Waals surface area (Å²) in [4.78, 5) is 40.1. The Kier molecular flexibility index (Phi) is 6.16. The lowest BCUT2D eigenvalue weighted by Gasteiger charge is -2.29. The molecule has 1 aliphatic rings. The molecule has 0 N–H and O–H groups in total. The summed E-state index contributed by atoms with van der Waals surface area (Å²) in [5.74, 6) is -1.86. The lowest BCUT2D eigenvalue weighted by atomic mass is 10.1. The van der Waals surface area contributed by atoms with Crippen LogP contribution in [0.4, 0.5) is 5.69 Å². The molecule has 34 heavy (non-hydrogen) atoms. The minimum absolute atomic E-state index is 0.0178. The van der Waals surface area contributed by atoms with Crippen molar-refractivity contribution in [3.8, 4) is 5.75 Å². The van der Waals surface area contributed by atoms with Crippen LogP contribution in [0.25, 0.3) is 0 Å². The van der Waals surface area contributed by atoms with E-state index in [4.69, 9.17) is 16.3 Å². The van der Waals surface area contributed by atoms with Crippen LogP contribution in [0.15, 0.2) is 77.7 Å². The molecule has 0 aliphatic carbocycles. The zero-order valence-electron chi connectivity index (χ0n) is 18.1. The minimum Gasteiger partial charge on any atom is -0.497 e. The number of halogens is 1. The summed E-state index contributed by atoms with van der Waals surface area (Å²) in [6.07, 6.45) is 0. The molecule has 0 radical (unpaired) electrons. The van der Waals surface area contributed by atoms with Crippen LogP contribution in [0.3, 0.4) is 0 Å². The van der Waals surface area contributed by atoms with Crippen molar-refractivity contribution >= 4 is 45.0 Å². The standard InChI is InChI=1S/C24H19ClN2O6S/c1-15(26-23(29)20-5-3-4-6-21(20)24(26)30)22(28)27(17-9-11-18(33-2)12-10-17)34(31,32)19-13-7-16(25)8-14-19/h3-15H,1-2H3. The Morgan fingerprint density at radius 1 is 0.912 bits per heavy atom. The topological polar surface area (TPSA) is 101 Å². The van der Waals surface area contributed by atoms with Gasteiger partial charge in [0.25, 0.3) is 27.7 Å². The van der Waals surface area contributed by atoms with E-state index in [1.807, 2.05) is 0 Å². The van der Waals surface area contributed by atoms with Crippen molar-refractivity contribution in [3.63, 3.8) is 0 Å². The van der Waals surface area contributed by atoms with E-state index in [9.17, 15) is 22.8 Å². The lowest BCUT2D eigenvalue weighted by Crippen LogP contribution is -2.51. The van der Waals surface area contributed by atoms with Crippen molar-refractivity contribution in [2.45, 2.75) is 17.9 Å². The monoisotopic (exact) mass is 498 g/mol. The van der Waals surface area contributed by atoms with E-state index in [2.05, 4.69) is 0 Å². The first-order valence-corrected chi connectivity index (χ1v) is 11.9. The van der Waals surface area contributed by atoms with E-state index in [0.29, 0.717) is 15.1 Å². The SMILES string of the molecule is COc1ccc(N(C(=O)C(C)N2C(=O)c3ccccc3C2=O)S(=O)(=O)c2ccc(Cl)cc2)cc1. The van der Waals surface area contributed by atoms with Gasteiger partial charge in [-0.05, 0) is 67.6 Å². The smallest absolute Gasteiger partial charge is 0.270 e. The Labute approximate surface area is 201 Å². The first-order chi connectivity index (χ1) is 16.2. The number of sulfonamides is 1. The molecule has 8 nitrogen and oxygen atoms in total. The van der Waals surface area contributed by atoms with E-state index in [0.717, 1.165) is 4.90 Å². The zero-order valence-corrected chi connectivity index (χ0v) is 19.7. The van der Waals surface area contributed by atoms with E-state index in [-0.39, 0.29) is 21.7 Å². The fourth-order valence-electron chi connectivity index (χ4n) is 3.65. The van der Waals surface area contributed by atoms with E-state index in [1.165, 1.54) is 74.7 Å². The van der Waals surface area contributed by atoms with Crippen LogP contribution < -0.4 is 9.04 Å². The Morgan fingerprint density at radius 3 is 1.94 bits per heavy atom. The van der Waals surface area contributed by atoms with Gasteiger partial charge >= 0.3 is 0 Å². The van der Waals surface area contributed by atoms with Crippen LogP contribution in [0.2, 0.25) is 5.02 Å². The van der Waals surface area contributed by atoms with Crippen LogP contribution >= 0.6 is 11.6 Å². The average Bonchev–Trinajstić information content (AvgIpc) is 3.09. The molecule has 0 aromatic heterocycles. The number of carbonyl (C=O) groups is 3. The van der Waals surface area contributed by atoms with Crippen molar-refractivity contribution in [2.24, 2.45) is 0 Å². The summed E-state index contributed by atoms with van der Waals surface area (Å²) < 4.78 is 32.9. The maximum absolute atomic E-state index is 13.7. The first kappa shape index (κ1) is 23.5. The van der Waals surface area contributed by atoms with E-state index in [1.54, 1.807) is 12.1 Å². The number of nitrogens with zero attached hydrogens (tertiary/aromatic N) is 2. The minimum atomic E-state index is -4.43. The van der Waals surface area contributed by atoms with Crippen molar-refractivity contribution in [2.75, 3.05) is 11.4 Å². The summed E-state index contributed by atoms with van der Waals surface area (Å²) in [5, 5.41) is 0.320. The number of methoxy groups -OCH3 is 1. The van der Waals surface area contributed by atoms with Gasteiger partial charge in [0, 0.05) is 5.02 Å².